The molecule has 0 amide bonds. The van der Waals surface area contributed by atoms with Crippen molar-refractivity contribution in [2.75, 3.05) is 9.80 Å². The number of hydrogen-bond donors (Lipinski definition) is 0. The van der Waals surface area contributed by atoms with Gasteiger partial charge in [-0.05, 0) is 92.7 Å². The zero-order valence-corrected chi connectivity index (χ0v) is 29.7. The van der Waals surface area contributed by atoms with Crippen molar-refractivity contribution < 1.29 is 0 Å². The first kappa shape index (κ1) is 31.6. The molecule has 2 nitrogen and oxygen atoms in total. The number of benzene rings is 10. The van der Waals surface area contributed by atoms with E-state index in [2.05, 4.69) is 228 Å². The number of anilines is 6. The minimum absolute atomic E-state index is 1.11. The average Bonchev–Trinajstić information content (AvgIpc) is 3.25. The SMILES string of the molecule is c1ccc2cc(N(c3ccc(-c4ccc(N(c5cccc6ccccc56)c5cccc6ccccc56)cc4)cc3)c3cccc4ccccc34)ccc2c1. The molecule has 0 spiro atoms. The van der Waals surface area contributed by atoms with Crippen LogP contribution in [0.25, 0.3) is 54.2 Å². The quantitative estimate of drug-likeness (QED) is 0.164. The van der Waals surface area contributed by atoms with Crippen LogP contribution in [0.1, 0.15) is 0 Å². The van der Waals surface area contributed by atoms with Crippen LogP contribution in [0.2, 0.25) is 0 Å². The molecule has 10 aromatic rings. The van der Waals surface area contributed by atoms with Crippen LogP contribution in [0.4, 0.5) is 34.1 Å². The molecule has 0 saturated carbocycles. The van der Waals surface area contributed by atoms with Crippen molar-refractivity contribution in [1.82, 2.24) is 0 Å². The van der Waals surface area contributed by atoms with E-state index in [0.29, 0.717) is 0 Å². The normalized spacial score (nSPS) is 11.3. The lowest BCUT2D eigenvalue weighted by Gasteiger charge is -2.28. The molecule has 0 aromatic heterocycles. The second-order valence-electron chi connectivity index (χ2n) is 13.8. The molecule has 0 bridgehead atoms. The first-order chi connectivity index (χ1) is 26.8. The van der Waals surface area contributed by atoms with Crippen molar-refractivity contribution in [3.05, 3.63) is 218 Å². The predicted molar refractivity (Wildman–Crippen MR) is 231 cm³/mol. The standard InChI is InChI=1S/C52H36N2/c1-2-16-43-36-46(35-30-37(43)12-1)53(50-23-9-17-40-13-3-6-20-47(40)50)44-31-26-38(27-32-44)39-28-33-45(34-29-39)54(51-24-10-18-41-14-4-7-21-48(41)51)52-25-11-19-42-15-5-8-22-49(42)52/h1-36H. The predicted octanol–water partition coefficient (Wildman–Crippen LogP) is 14.9. The fourth-order valence-corrected chi connectivity index (χ4v) is 7.97. The third-order valence-corrected chi connectivity index (χ3v) is 10.6. The van der Waals surface area contributed by atoms with E-state index in [1.165, 1.54) is 54.2 Å². The Bertz CT molecular complexity index is 2850. The summed E-state index contributed by atoms with van der Waals surface area (Å²) in [5.74, 6) is 0. The Kier molecular flexibility index (Phi) is 7.85. The highest BCUT2D eigenvalue weighted by atomic mass is 15.1. The number of nitrogens with zero attached hydrogens (tertiary/aromatic N) is 2. The fourth-order valence-electron chi connectivity index (χ4n) is 7.97. The smallest absolute Gasteiger partial charge is 0.0540 e. The van der Waals surface area contributed by atoms with Crippen LogP contribution in [0.3, 0.4) is 0 Å². The highest BCUT2D eigenvalue weighted by Crippen LogP contribution is 2.43. The van der Waals surface area contributed by atoms with Gasteiger partial charge in [0.1, 0.15) is 0 Å². The van der Waals surface area contributed by atoms with Gasteiger partial charge in [0.25, 0.3) is 0 Å². The van der Waals surface area contributed by atoms with Gasteiger partial charge in [0.2, 0.25) is 0 Å². The fraction of sp³-hybridized carbons (Fsp3) is 0. The molecule has 10 aromatic carbocycles. The Morgan fingerprint density at radius 2 is 0.574 bits per heavy atom. The Morgan fingerprint density at radius 3 is 1.06 bits per heavy atom. The van der Waals surface area contributed by atoms with E-state index >= 15 is 0 Å². The first-order valence-electron chi connectivity index (χ1n) is 18.5. The van der Waals surface area contributed by atoms with E-state index in [4.69, 9.17) is 0 Å². The zero-order chi connectivity index (χ0) is 35.8. The molecule has 0 heterocycles. The summed E-state index contributed by atoms with van der Waals surface area (Å²) in [5, 5.41) is 9.77. The van der Waals surface area contributed by atoms with Crippen LogP contribution in [0, 0.1) is 0 Å². The summed E-state index contributed by atoms with van der Waals surface area (Å²) in [6.07, 6.45) is 0. The van der Waals surface area contributed by atoms with E-state index in [9.17, 15) is 0 Å². The number of rotatable bonds is 7. The van der Waals surface area contributed by atoms with Crippen LogP contribution >= 0.6 is 0 Å². The molecule has 10 rings (SSSR count). The van der Waals surface area contributed by atoms with Crippen LogP contribution in [-0.2, 0) is 0 Å². The topological polar surface area (TPSA) is 6.48 Å². The summed E-state index contributed by atoms with van der Waals surface area (Å²) in [7, 11) is 0. The van der Waals surface area contributed by atoms with E-state index in [1.54, 1.807) is 0 Å². The third-order valence-electron chi connectivity index (χ3n) is 10.6. The van der Waals surface area contributed by atoms with E-state index < -0.39 is 0 Å². The van der Waals surface area contributed by atoms with Gasteiger partial charge in [-0.1, -0.05) is 164 Å². The first-order valence-corrected chi connectivity index (χ1v) is 18.5. The third kappa shape index (κ3) is 5.62. The van der Waals surface area contributed by atoms with Gasteiger partial charge in [-0.2, -0.15) is 0 Å². The van der Waals surface area contributed by atoms with Crippen molar-refractivity contribution in [1.29, 1.82) is 0 Å². The highest BCUT2D eigenvalue weighted by Gasteiger charge is 2.19. The molecule has 254 valence electrons. The molecule has 54 heavy (non-hydrogen) atoms. The maximum Gasteiger partial charge on any atom is 0.0540 e. The largest absolute Gasteiger partial charge is 0.310 e. The van der Waals surface area contributed by atoms with Gasteiger partial charge in [-0.3, -0.25) is 0 Å². The molecule has 0 aliphatic carbocycles. The van der Waals surface area contributed by atoms with Gasteiger partial charge >= 0.3 is 0 Å². The minimum Gasteiger partial charge on any atom is -0.310 e. The summed E-state index contributed by atoms with van der Waals surface area (Å²) < 4.78 is 0. The van der Waals surface area contributed by atoms with Crippen LogP contribution < -0.4 is 9.80 Å². The van der Waals surface area contributed by atoms with Crippen LogP contribution in [-0.4, -0.2) is 0 Å². The second kappa shape index (κ2) is 13.4. The summed E-state index contributed by atoms with van der Waals surface area (Å²) in [5.41, 5.74) is 9.16. The van der Waals surface area contributed by atoms with Gasteiger partial charge < -0.3 is 9.80 Å². The lowest BCUT2D eigenvalue weighted by molar-refractivity contribution is 1.30. The van der Waals surface area contributed by atoms with Gasteiger partial charge in [0.15, 0.2) is 0 Å². The molecular weight excluding hydrogens is 653 g/mol. The van der Waals surface area contributed by atoms with E-state index in [-0.39, 0.29) is 0 Å². The molecule has 0 fully saturated rings. The summed E-state index contributed by atoms with van der Waals surface area (Å²) in [6.45, 7) is 0. The lowest BCUT2D eigenvalue weighted by Crippen LogP contribution is -2.11. The van der Waals surface area contributed by atoms with E-state index in [1.807, 2.05) is 0 Å². The minimum atomic E-state index is 1.11. The van der Waals surface area contributed by atoms with Crippen molar-refractivity contribution in [3.63, 3.8) is 0 Å². The zero-order valence-electron chi connectivity index (χ0n) is 29.7. The molecular formula is C52H36N2. The Morgan fingerprint density at radius 1 is 0.222 bits per heavy atom. The van der Waals surface area contributed by atoms with Gasteiger partial charge in [0.05, 0.1) is 17.1 Å². The molecule has 0 radical (unpaired) electrons. The number of hydrogen-bond acceptors (Lipinski definition) is 2. The maximum absolute atomic E-state index is 2.41. The number of fused-ring (bicyclic) bond motifs is 4. The Hall–Kier alpha value is -7.16. The monoisotopic (exact) mass is 688 g/mol. The van der Waals surface area contributed by atoms with Crippen LogP contribution in [0.15, 0.2) is 218 Å². The molecule has 0 saturated heterocycles. The summed E-state index contributed by atoms with van der Waals surface area (Å²) >= 11 is 0. The molecule has 0 aliphatic rings. The van der Waals surface area contributed by atoms with Crippen molar-refractivity contribution in [2.24, 2.45) is 0 Å². The molecule has 2 heteroatoms. The maximum atomic E-state index is 2.41. The lowest BCUT2D eigenvalue weighted by atomic mass is 10.0. The van der Waals surface area contributed by atoms with Crippen molar-refractivity contribution in [3.8, 4) is 11.1 Å². The molecule has 0 atom stereocenters. The van der Waals surface area contributed by atoms with E-state index in [0.717, 1.165) is 34.1 Å². The average molecular weight is 689 g/mol. The van der Waals surface area contributed by atoms with Gasteiger partial charge in [-0.25, -0.2) is 0 Å². The van der Waals surface area contributed by atoms with Crippen molar-refractivity contribution in [2.45, 2.75) is 0 Å². The Labute approximate surface area is 315 Å². The van der Waals surface area contributed by atoms with Gasteiger partial charge in [0, 0.05) is 33.2 Å². The summed E-state index contributed by atoms with van der Waals surface area (Å²) in [4.78, 5) is 4.79. The van der Waals surface area contributed by atoms with Crippen LogP contribution in [0.5, 0.6) is 0 Å². The van der Waals surface area contributed by atoms with Gasteiger partial charge in [-0.15, -0.1) is 0 Å². The van der Waals surface area contributed by atoms with Crippen molar-refractivity contribution >= 4 is 77.2 Å². The molecule has 0 unspecified atom stereocenters. The highest BCUT2D eigenvalue weighted by molar-refractivity contribution is 6.05. The Balaban J connectivity index is 1.05. The molecule has 0 aliphatic heterocycles. The second-order valence-corrected chi connectivity index (χ2v) is 13.8. The molecule has 0 N–H and O–H groups in total. The summed E-state index contributed by atoms with van der Waals surface area (Å²) in [6, 6.07) is 78.9.